The standard InChI is InChI=1S/C20H22ClFN2O3/c1-13(2)18(24-19(25)14-3-7-16(22)8-4-14)20(26)23-11-12-27-17-9-5-15(21)6-10-17/h3-10,13,18H,11-12H2,1-2H3,(H,23,26)(H,24,25)/t18-/m0/s1. The van der Waals surface area contributed by atoms with Crippen molar-refractivity contribution in [2.45, 2.75) is 19.9 Å². The Kier molecular flexibility index (Phi) is 7.61. The van der Waals surface area contributed by atoms with Crippen LogP contribution in [0.15, 0.2) is 48.5 Å². The van der Waals surface area contributed by atoms with Crippen molar-refractivity contribution in [3.05, 3.63) is 64.9 Å². The van der Waals surface area contributed by atoms with E-state index in [9.17, 15) is 14.0 Å². The molecule has 2 aromatic carbocycles. The van der Waals surface area contributed by atoms with Gasteiger partial charge in [-0.3, -0.25) is 9.59 Å². The molecule has 2 N–H and O–H groups in total. The SMILES string of the molecule is CC(C)[C@H](NC(=O)c1ccc(F)cc1)C(=O)NCCOc1ccc(Cl)cc1. The molecular formula is C20H22ClFN2O3. The fourth-order valence-electron chi connectivity index (χ4n) is 2.34. The highest BCUT2D eigenvalue weighted by Crippen LogP contribution is 2.15. The van der Waals surface area contributed by atoms with Crippen molar-refractivity contribution in [3.8, 4) is 5.75 Å². The van der Waals surface area contributed by atoms with Gasteiger partial charge in [0.15, 0.2) is 0 Å². The van der Waals surface area contributed by atoms with Gasteiger partial charge in [0.1, 0.15) is 24.2 Å². The molecule has 27 heavy (non-hydrogen) atoms. The van der Waals surface area contributed by atoms with E-state index < -0.39 is 17.8 Å². The largest absolute Gasteiger partial charge is 0.492 e. The first kappa shape index (κ1) is 20.7. The molecule has 5 nitrogen and oxygen atoms in total. The average Bonchev–Trinajstić information content (AvgIpc) is 2.64. The van der Waals surface area contributed by atoms with Crippen LogP contribution < -0.4 is 15.4 Å². The summed E-state index contributed by atoms with van der Waals surface area (Å²) in [6.07, 6.45) is 0. The molecule has 0 bridgehead atoms. The lowest BCUT2D eigenvalue weighted by Gasteiger charge is -2.21. The third-order valence-electron chi connectivity index (χ3n) is 3.83. The molecule has 0 heterocycles. The van der Waals surface area contributed by atoms with Crippen molar-refractivity contribution < 1.29 is 18.7 Å². The van der Waals surface area contributed by atoms with Gasteiger partial charge >= 0.3 is 0 Å². The summed E-state index contributed by atoms with van der Waals surface area (Å²) in [6.45, 7) is 4.24. The highest BCUT2D eigenvalue weighted by molar-refractivity contribution is 6.30. The second-order valence-electron chi connectivity index (χ2n) is 6.30. The van der Waals surface area contributed by atoms with Crippen molar-refractivity contribution >= 4 is 23.4 Å². The van der Waals surface area contributed by atoms with Crippen LogP contribution in [0.5, 0.6) is 5.75 Å². The topological polar surface area (TPSA) is 67.4 Å². The minimum atomic E-state index is -0.710. The van der Waals surface area contributed by atoms with Gasteiger partial charge in [-0.25, -0.2) is 4.39 Å². The highest BCUT2D eigenvalue weighted by atomic mass is 35.5. The predicted octanol–water partition coefficient (Wildman–Crippen LogP) is 3.43. The summed E-state index contributed by atoms with van der Waals surface area (Å²) in [6, 6.07) is 11.4. The summed E-state index contributed by atoms with van der Waals surface area (Å²) >= 11 is 5.81. The Balaban J connectivity index is 1.84. The van der Waals surface area contributed by atoms with E-state index in [-0.39, 0.29) is 25.0 Å². The molecule has 0 aliphatic heterocycles. The van der Waals surface area contributed by atoms with Crippen LogP contribution in [0, 0.1) is 11.7 Å². The molecule has 0 saturated heterocycles. The maximum atomic E-state index is 13.0. The van der Waals surface area contributed by atoms with E-state index in [1.54, 1.807) is 24.3 Å². The van der Waals surface area contributed by atoms with Gasteiger partial charge in [-0.15, -0.1) is 0 Å². The van der Waals surface area contributed by atoms with Crippen LogP contribution in [0.2, 0.25) is 5.02 Å². The number of hydrogen-bond acceptors (Lipinski definition) is 3. The summed E-state index contributed by atoms with van der Waals surface area (Å²) in [4.78, 5) is 24.7. The van der Waals surface area contributed by atoms with E-state index in [2.05, 4.69) is 10.6 Å². The summed E-state index contributed by atoms with van der Waals surface area (Å²) in [5.41, 5.74) is 0.293. The summed E-state index contributed by atoms with van der Waals surface area (Å²) < 4.78 is 18.5. The lowest BCUT2D eigenvalue weighted by molar-refractivity contribution is -0.124. The zero-order chi connectivity index (χ0) is 19.8. The molecule has 0 unspecified atom stereocenters. The van der Waals surface area contributed by atoms with Crippen LogP contribution in [-0.4, -0.2) is 31.0 Å². The number of ether oxygens (including phenoxy) is 1. The second kappa shape index (κ2) is 9.92. The van der Waals surface area contributed by atoms with Gasteiger partial charge < -0.3 is 15.4 Å². The van der Waals surface area contributed by atoms with Crippen LogP contribution >= 0.6 is 11.6 Å². The first-order valence-corrected chi connectivity index (χ1v) is 8.97. The molecule has 0 spiro atoms. The molecule has 0 aliphatic rings. The predicted molar refractivity (Wildman–Crippen MR) is 102 cm³/mol. The van der Waals surface area contributed by atoms with Crippen LogP contribution in [0.4, 0.5) is 4.39 Å². The Labute approximate surface area is 162 Å². The number of halogens is 2. The number of carbonyl (C=O) groups excluding carboxylic acids is 2. The zero-order valence-electron chi connectivity index (χ0n) is 15.2. The first-order chi connectivity index (χ1) is 12.9. The Morgan fingerprint density at radius 3 is 2.30 bits per heavy atom. The molecule has 0 aromatic heterocycles. The monoisotopic (exact) mass is 392 g/mol. The molecule has 0 fully saturated rings. The maximum Gasteiger partial charge on any atom is 0.251 e. The van der Waals surface area contributed by atoms with Crippen LogP contribution in [0.3, 0.4) is 0 Å². The van der Waals surface area contributed by atoms with Crippen molar-refractivity contribution in [3.63, 3.8) is 0 Å². The third-order valence-corrected chi connectivity index (χ3v) is 4.08. The number of benzene rings is 2. The molecule has 2 amide bonds. The second-order valence-corrected chi connectivity index (χ2v) is 6.73. The normalized spacial score (nSPS) is 11.7. The molecule has 7 heteroatoms. The van der Waals surface area contributed by atoms with Gasteiger partial charge in [-0.2, -0.15) is 0 Å². The molecule has 1 atom stereocenters. The van der Waals surface area contributed by atoms with Gasteiger partial charge in [-0.1, -0.05) is 25.4 Å². The fraction of sp³-hybridized carbons (Fsp3) is 0.300. The maximum absolute atomic E-state index is 13.0. The summed E-state index contributed by atoms with van der Waals surface area (Å²) in [5.74, 6) is -0.628. The van der Waals surface area contributed by atoms with Gasteiger partial charge in [0.05, 0.1) is 6.54 Å². The third kappa shape index (κ3) is 6.57. The molecular weight excluding hydrogens is 371 g/mol. The first-order valence-electron chi connectivity index (χ1n) is 8.59. The minimum Gasteiger partial charge on any atom is -0.492 e. The highest BCUT2D eigenvalue weighted by Gasteiger charge is 2.24. The lowest BCUT2D eigenvalue weighted by Crippen LogP contribution is -2.50. The van der Waals surface area contributed by atoms with Gasteiger partial charge in [0.2, 0.25) is 5.91 Å². The van der Waals surface area contributed by atoms with Crippen molar-refractivity contribution in [2.24, 2.45) is 5.92 Å². The van der Waals surface area contributed by atoms with Gasteiger partial charge in [-0.05, 0) is 54.4 Å². The van der Waals surface area contributed by atoms with Crippen LogP contribution in [-0.2, 0) is 4.79 Å². The van der Waals surface area contributed by atoms with Gasteiger partial charge in [0.25, 0.3) is 5.91 Å². The van der Waals surface area contributed by atoms with E-state index in [1.807, 2.05) is 13.8 Å². The smallest absolute Gasteiger partial charge is 0.251 e. The van der Waals surface area contributed by atoms with E-state index >= 15 is 0 Å². The molecule has 0 radical (unpaired) electrons. The minimum absolute atomic E-state index is 0.119. The van der Waals surface area contributed by atoms with Gasteiger partial charge in [0, 0.05) is 10.6 Å². The van der Waals surface area contributed by atoms with Crippen molar-refractivity contribution in [2.75, 3.05) is 13.2 Å². The Bertz CT molecular complexity index is 764. The molecule has 2 aromatic rings. The van der Waals surface area contributed by atoms with E-state index in [1.165, 1.54) is 24.3 Å². The van der Waals surface area contributed by atoms with E-state index in [0.717, 1.165) is 0 Å². The molecule has 0 saturated carbocycles. The van der Waals surface area contributed by atoms with Crippen molar-refractivity contribution in [1.29, 1.82) is 0 Å². The summed E-state index contributed by atoms with van der Waals surface area (Å²) in [5, 5.41) is 6.05. The summed E-state index contributed by atoms with van der Waals surface area (Å²) in [7, 11) is 0. The number of nitrogens with one attached hydrogen (secondary N) is 2. The quantitative estimate of drug-likeness (QED) is 0.676. The molecule has 2 rings (SSSR count). The van der Waals surface area contributed by atoms with Crippen molar-refractivity contribution in [1.82, 2.24) is 10.6 Å². The number of hydrogen-bond donors (Lipinski definition) is 2. The number of rotatable bonds is 8. The molecule has 0 aliphatic carbocycles. The molecule has 144 valence electrons. The van der Waals surface area contributed by atoms with E-state index in [0.29, 0.717) is 16.3 Å². The Morgan fingerprint density at radius 1 is 1.07 bits per heavy atom. The van der Waals surface area contributed by atoms with Crippen LogP contribution in [0.1, 0.15) is 24.2 Å². The number of carbonyl (C=O) groups is 2. The fourth-order valence-corrected chi connectivity index (χ4v) is 2.47. The Hall–Kier alpha value is -2.60. The lowest BCUT2D eigenvalue weighted by atomic mass is 10.0. The number of amides is 2. The zero-order valence-corrected chi connectivity index (χ0v) is 15.9. The van der Waals surface area contributed by atoms with E-state index in [4.69, 9.17) is 16.3 Å². The van der Waals surface area contributed by atoms with Crippen LogP contribution in [0.25, 0.3) is 0 Å². The average molecular weight is 393 g/mol. The Morgan fingerprint density at radius 2 is 1.70 bits per heavy atom.